The van der Waals surface area contributed by atoms with E-state index in [0.29, 0.717) is 11.5 Å². The zero-order valence-corrected chi connectivity index (χ0v) is 14.3. The molecule has 0 amide bonds. The largest absolute Gasteiger partial charge is 0.368 e. The van der Waals surface area contributed by atoms with Crippen molar-refractivity contribution in [2.45, 2.75) is 59.4 Å². The molecule has 1 aromatic carbocycles. The van der Waals surface area contributed by atoms with Gasteiger partial charge in [0.15, 0.2) is 0 Å². The summed E-state index contributed by atoms with van der Waals surface area (Å²) < 4.78 is 0. The van der Waals surface area contributed by atoms with Gasteiger partial charge in [-0.3, -0.25) is 0 Å². The van der Waals surface area contributed by atoms with E-state index in [2.05, 4.69) is 62.2 Å². The second-order valence-electron chi connectivity index (χ2n) is 6.99. The molecule has 0 saturated heterocycles. The van der Waals surface area contributed by atoms with Gasteiger partial charge in [-0.15, -0.1) is 0 Å². The predicted molar refractivity (Wildman–Crippen MR) is 93.1 cm³/mol. The molecule has 1 heterocycles. The fraction of sp³-hybridized carbons (Fsp3) is 0.684. The van der Waals surface area contributed by atoms with Crippen molar-refractivity contribution in [3.05, 3.63) is 29.8 Å². The number of nitrogens with one attached hydrogen (secondary N) is 1. The first kappa shape index (κ1) is 16.4. The Labute approximate surface area is 130 Å². The smallest absolute Gasteiger partial charge is 0.0401 e. The first-order valence-electron chi connectivity index (χ1n) is 8.65. The lowest BCUT2D eigenvalue weighted by Crippen LogP contribution is -2.47. The van der Waals surface area contributed by atoms with E-state index in [1.165, 1.54) is 36.9 Å². The third-order valence-electron chi connectivity index (χ3n) is 5.05. The van der Waals surface area contributed by atoms with Gasteiger partial charge in [-0.05, 0) is 56.2 Å². The Kier molecular flexibility index (Phi) is 5.69. The lowest BCUT2D eigenvalue weighted by molar-refractivity contribution is 0.285. The van der Waals surface area contributed by atoms with Crippen LogP contribution in [0, 0.1) is 5.41 Å². The monoisotopic (exact) mass is 288 g/mol. The molecule has 0 fully saturated rings. The quantitative estimate of drug-likeness (QED) is 0.755. The van der Waals surface area contributed by atoms with Gasteiger partial charge in [-0.1, -0.05) is 39.0 Å². The van der Waals surface area contributed by atoms with Gasteiger partial charge in [0.1, 0.15) is 0 Å². The summed E-state index contributed by atoms with van der Waals surface area (Å²) in [6.07, 6.45) is 4.93. The van der Waals surface area contributed by atoms with Gasteiger partial charge in [0.2, 0.25) is 0 Å². The number of para-hydroxylation sites is 1. The van der Waals surface area contributed by atoms with Crippen LogP contribution in [-0.4, -0.2) is 25.7 Å². The topological polar surface area (TPSA) is 15.3 Å². The predicted octanol–water partition coefficient (Wildman–Crippen LogP) is 4.24. The van der Waals surface area contributed by atoms with Crippen molar-refractivity contribution < 1.29 is 0 Å². The molecule has 0 spiro atoms. The molecule has 0 aliphatic carbocycles. The number of nitrogens with zero attached hydrogens (tertiary/aromatic N) is 1. The second-order valence-corrected chi connectivity index (χ2v) is 6.99. The zero-order valence-electron chi connectivity index (χ0n) is 14.3. The molecule has 0 saturated carbocycles. The second kappa shape index (κ2) is 7.31. The van der Waals surface area contributed by atoms with Crippen molar-refractivity contribution in [2.24, 2.45) is 5.41 Å². The average Bonchev–Trinajstić information content (AvgIpc) is 2.50. The van der Waals surface area contributed by atoms with Gasteiger partial charge < -0.3 is 10.2 Å². The van der Waals surface area contributed by atoms with E-state index in [-0.39, 0.29) is 0 Å². The van der Waals surface area contributed by atoms with Crippen molar-refractivity contribution in [3.8, 4) is 0 Å². The number of benzene rings is 1. The van der Waals surface area contributed by atoms with Gasteiger partial charge in [0.25, 0.3) is 0 Å². The van der Waals surface area contributed by atoms with Crippen LogP contribution in [0.4, 0.5) is 5.69 Å². The summed E-state index contributed by atoms with van der Waals surface area (Å²) in [5, 5.41) is 3.63. The minimum Gasteiger partial charge on any atom is -0.368 e. The molecule has 2 atom stereocenters. The zero-order chi connectivity index (χ0) is 15.3. The van der Waals surface area contributed by atoms with E-state index < -0.39 is 0 Å². The van der Waals surface area contributed by atoms with E-state index in [9.17, 15) is 0 Å². The van der Waals surface area contributed by atoms with Crippen LogP contribution in [0.5, 0.6) is 0 Å². The summed E-state index contributed by atoms with van der Waals surface area (Å²) in [6.45, 7) is 12.8. The minimum absolute atomic E-state index is 0.341. The van der Waals surface area contributed by atoms with E-state index in [4.69, 9.17) is 0 Å². The molecule has 118 valence electrons. The molecule has 0 bridgehead atoms. The highest BCUT2D eigenvalue weighted by Crippen LogP contribution is 2.34. The Hall–Kier alpha value is -1.02. The molecule has 2 unspecified atom stereocenters. The summed E-state index contributed by atoms with van der Waals surface area (Å²) in [5.41, 5.74) is 3.33. The van der Waals surface area contributed by atoms with Crippen LogP contribution >= 0.6 is 0 Å². The lowest BCUT2D eigenvalue weighted by atomic mass is 9.84. The molecular weight excluding hydrogens is 256 g/mol. The molecule has 2 rings (SSSR count). The van der Waals surface area contributed by atoms with Crippen LogP contribution in [0.3, 0.4) is 0 Å². The van der Waals surface area contributed by atoms with E-state index in [1.807, 2.05) is 0 Å². The Morgan fingerprint density at radius 2 is 2.05 bits per heavy atom. The molecule has 1 aliphatic rings. The summed E-state index contributed by atoms with van der Waals surface area (Å²) >= 11 is 0. The molecule has 1 aliphatic heterocycles. The van der Waals surface area contributed by atoms with E-state index in [0.717, 1.165) is 19.6 Å². The molecule has 2 heteroatoms. The highest BCUT2D eigenvalue weighted by Gasteiger charge is 2.30. The molecule has 21 heavy (non-hydrogen) atoms. The third-order valence-corrected chi connectivity index (χ3v) is 5.05. The third kappa shape index (κ3) is 4.00. The minimum atomic E-state index is 0.341. The summed E-state index contributed by atoms with van der Waals surface area (Å²) in [6, 6.07) is 9.61. The van der Waals surface area contributed by atoms with Gasteiger partial charge in [0.05, 0.1) is 0 Å². The normalized spacial score (nSPS) is 21.0. The summed E-state index contributed by atoms with van der Waals surface area (Å²) in [4.78, 5) is 2.65. The Balaban J connectivity index is 2.12. The molecule has 0 radical (unpaired) electrons. The van der Waals surface area contributed by atoms with Crippen LogP contribution < -0.4 is 10.2 Å². The Bertz CT molecular complexity index is 443. The Morgan fingerprint density at radius 1 is 1.29 bits per heavy atom. The van der Waals surface area contributed by atoms with E-state index in [1.54, 1.807) is 0 Å². The Morgan fingerprint density at radius 3 is 2.76 bits per heavy atom. The first-order valence-corrected chi connectivity index (χ1v) is 8.65. The van der Waals surface area contributed by atoms with Crippen LogP contribution in [0.1, 0.15) is 52.5 Å². The van der Waals surface area contributed by atoms with Crippen molar-refractivity contribution in [3.63, 3.8) is 0 Å². The number of hydrogen-bond acceptors (Lipinski definition) is 2. The van der Waals surface area contributed by atoms with Gasteiger partial charge in [0, 0.05) is 24.8 Å². The maximum Gasteiger partial charge on any atom is 0.0401 e. The maximum absolute atomic E-state index is 3.63. The van der Waals surface area contributed by atoms with E-state index >= 15 is 0 Å². The SMILES string of the molecule is CCCNCC(C)(CC)CN1c2ccccc2CCC1C. The number of fused-ring (bicyclic) bond motifs is 1. The number of anilines is 1. The van der Waals surface area contributed by atoms with Crippen molar-refractivity contribution >= 4 is 5.69 Å². The summed E-state index contributed by atoms with van der Waals surface area (Å²) in [5.74, 6) is 0. The molecular formula is C19H32N2. The molecule has 1 N–H and O–H groups in total. The fourth-order valence-electron chi connectivity index (χ4n) is 3.27. The standard InChI is InChI=1S/C19H32N2/c1-5-13-20-14-19(4,6-2)15-21-16(3)11-12-17-9-7-8-10-18(17)21/h7-10,16,20H,5-6,11-15H2,1-4H3. The molecule has 0 aromatic heterocycles. The highest BCUT2D eigenvalue weighted by molar-refractivity contribution is 5.56. The maximum atomic E-state index is 3.63. The fourth-order valence-corrected chi connectivity index (χ4v) is 3.27. The van der Waals surface area contributed by atoms with Crippen molar-refractivity contribution in [1.29, 1.82) is 0 Å². The number of rotatable bonds is 7. The van der Waals surface area contributed by atoms with Crippen LogP contribution in [0.25, 0.3) is 0 Å². The van der Waals surface area contributed by atoms with Crippen LogP contribution in [0.2, 0.25) is 0 Å². The molecule has 1 aromatic rings. The average molecular weight is 288 g/mol. The number of hydrogen-bond donors (Lipinski definition) is 1. The summed E-state index contributed by atoms with van der Waals surface area (Å²) in [7, 11) is 0. The van der Waals surface area contributed by atoms with Gasteiger partial charge in [-0.25, -0.2) is 0 Å². The molecule has 2 nitrogen and oxygen atoms in total. The van der Waals surface area contributed by atoms with Gasteiger partial charge >= 0.3 is 0 Å². The highest BCUT2D eigenvalue weighted by atomic mass is 15.2. The van der Waals surface area contributed by atoms with Crippen LogP contribution in [-0.2, 0) is 6.42 Å². The van der Waals surface area contributed by atoms with Crippen molar-refractivity contribution in [2.75, 3.05) is 24.5 Å². The van der Waals surface area contributed by atoms with Gasteiger partial charge in [-0.2, -0.15) is 0 Å². The van der Waals surface area contributed by atoms with Crippen molar-refractivity contribution in [1.82, 2.24) is 5.32 Å². The van der Waals surface area contributed by atoms with Crippen LogP contribution in [0.15, 0.2) is 24.3 Å². The lowest BCUT2D eigenvalue weighted by Gasteiger charge is -2.43. The number of aryl methyl sites for hydroxylation is 1. The first-order chi connectivity index (χ1) is 10.1.